The van der Waals surface area contributed by atoms with E-state index in [4.69, 9.17) is 4.74 Å². The maximum Gasteiger partial charge on any atom is 0.262 e. The second-order valence-corrected chi connectivity index (χ2v) is 5.94. The van der Waals surface area contributed by atoms with Crippen LogP contribution in [0.3, 0.4) is 0 Å². The van der Waals surface area contributed by atoms with E-state index in [-0.39, 0.29) is 18.3 Å². The Hall–Kier alpha value is -3.67. The van der Waals surface area contributed by atoms with E-state index >= 15 is 0 Å². The first kappa shape index (κ1) is 16.8. The fourth-order valence-electron chi connectivity index (χ4n) is 2.74. The Morgan fingerprint density at radius 2 is 1.74 bits per heavy atom. The second kappa shape index (κ2) is 7.29. The normalized spacial score (nSPS) is 10.7. The Morgan fingerprint density at radius 1 is 1.00 bits per heavy atom. The van der Waals surface area contributed by atoms with Crippen LogP contribution in [0.5, 0.6) is 5.75 Å². The summed E-state index contributed by atoms with van der Waals surface area (Å²) in [4.78, 5) is 20.1. The van der Waals surface area contributed by atoms with Crippen molar-refractivity contribution in [2.24, 2.45) is 0 Å². The average Bonchev–Trinajstić information content (AvgIpc) is 3.12. The molecule has 3 aromatic carbocycles. The lowest BCUT2D eigenvalue weighted by molar-refractivity contribution is -0.118. The van der Waals surface area contributed by atoms with E-state index in [0.717, 1.165) is 16.6 Å². The highest BCUT2D eigenvalue weighted by Gasteiger charge is 2.12. The van der Waals surface area contributed by atoms with Crippen LogP contribution in [0.4, 0.5) is 10.1 Å². The van der Waals surface area contributed by atoms with E-state index in [1.807, 2.05) is 42.5 Å². The summed E-state index contributed by atoms with van der Waals surface area (Å²) in [6.07, 6.45) is 0. The minimum absolute atomic E-state index is 0.180. The summed E-state index contributed by atoms with van der Waals surface area (Å²) >= 11 is 0. The fraction of sp³-hybridized carbons (Fsp3) is 0.0476. The number of H-pyrrole nitrogens is 1. The van der Waals surface area contributed by atoms with Crippen LogP contribution in [-0.2, 0) is 4.79 Å². The molecule has 0 aliphatic rings. The molecule has 0 bridgehead atoms. The van der Waals surface area contributed by atoms with Crippen molar-refractivity contribution in [1.29, 1.82) is 0 Å². The average molecular weight is 361 g/mol. The van der Waals surface area contributed by atoms with Crippen LogP contribution in [0.2, 0.25) is 0 Å². The predicted octanol–water partition coefficient (Wildman–Crippen LogP) is 4.39. The summed E-state index contributed by atoms with van der Waals surface area (Å²) in [5.41, 5.74) is 3.19. The first-order valence-electron chi connectivity index (χ1n) is 8.41. The number of benzene rings is 3. The molecule has 6 heteroatoms. The summed E-state index contributed by atoms with van der Waals surface area (Å²) in [5, 5.41) is 2.84. The van der Waals surface area contributed by atoms with Crippen molar-refractivity contribution in [3.05, 3.63) is 78.6 Å². The van der Waals surface area contributed by atoms with Crippen LogP contribution < -0.4 is 10.1 Å². The van der Waals surface area contributed by atoms with Gasteiger partial charge in [0.1, 0.15) is 17.4 Å². The summed E-state index contributed by atoms with van der Waals surface area (Å²) in [5.74, 6) is 0.429. The zero-order valence-electron chi connectivity index (χ0n) is 14.3. The summed E-state index contributed by atoms with van der Waals surface area (Å²) in [6.45, 7) is -0.180. The minimum atomic E-state index is -0.355. The molecular weight excluding hydrogens is 345 g/mol. The summed E-state index contributed by atoms with van der Waals surface area (Å²) in [6, 6.07) is 20.7. The minimum Gasteiger partial charge on any atom is -0.484 e. The highest BCUT2D eigenvalue weighted by Crippen LogP contribution is 2.27. The highest BCUT2D eigenvalue weighted by molar-refractivity contribution is 5.96. The number of carbonyl (C=O) groups is 1. The molecule has 134 valence electrons. The number of halogens is 1. The first-order valence-corrected chi connectivity index (χ1v) is 8.41. The zero-order valence-corrected chi connectivity index (χ0v) is 14.3. The number of amides is 1. The van der Waals surface area contributed by atoms with Gasteiger partial charge in [-0.25, -0.2) is 9.37 Å². The molecule has 5 nitrogen and oxygen atoms in total. The smallest absolute Gasteiger partial charge is 0.262 e. The molecule has 0 atom stereocenters. The fourth-order valence-corrected chi connectivity index (χ4v) is 2.74. The number of rotatable bonds is 5. The quantitative estimate of drug-likeness (QED) is 0.554. The van der Waals surface area contributed by atoms with Gasteiger partial charge in [-0.1, -0.05) is 24.3 Å². The monoisotopic (exact) mass is 361 g/mol. The van der Waals surface area contributed by atoms with Gasteiger partial charge >= 0.3 is 0 Å². The molecule has 1 amide bonds. The molecule has 0 spiro atoms. The van der Waals surface area contributed by atoms with Crippen molar-refractivity contribution in [3.63, 3.8) is 0 Å². The summed E-state index contributed by atoms with van der Waals surface area (Å²) in [7, 11) is 0. The van der Waals surface area contributed by atoms with Crippen molar-refractivity contribution in [2.75, 3.05) is 11.9 Å². The zero-order chi connectivity index (χ0) is 18.6. The van der Waals surface area contributed by atoms with Crippen molar-refractivity contribution in [3.8, 4) is 17.1 Å². The molecule has 0 unspecified atom stereocenters. The van der Waals surface area contributed by atoms with E-state index < -0.39 is 0 Å². The molecule has 0 fully saturated rings. The third kappa shape index (κ3) is 3.79. The number of nitrogens with one attached hydrogen (secondary N) is 2. The molecule has 1 heterocycles. The number of fused-ring (bicyclic) bond motifs is 1. The number of aromatic amines is 1. The van der Waals surface area contributed by atoms with Crippen molar-refractivity contribution >= 4 is 22.6 Å². The Kier molecular flexibility index (Phi) is 4.53. The van der Waals surface area contributed by atoms with Gasteiger partial charge in [-0.3, -0.25) is 4.79 Å². The number of aromatic nitrogens is 2. The van der Waals surface area contributed by atoms with E-state index in [1.165, 1.54) is 24.3 Å². The van der Waals surface area contributed by atoms with Gasteiger partial charge in [0.25, 0.3) is 5.91 Å². The molecular formula is C21H16FN3O2. The number of anilines is 1. The number of carbonyl (C=O) groups excluding carboxylic acids is 1. The lowest BCUT2D eigenvalue weighted by Gasteiger charge is -2.10. The third-order valence-corrected chi connectivity index (χ3v) is 4.03. The number of para-hydroxylation sites is 3. The topological polar surface area (TPSA) is 67.0 Å². The van der Waals surface area contributed by atoms with Crippen LogP contribution in [-0.4, -0.2) is 22.5 Å². The van der Waals surface area contributed by atoms with Crippen LogP contribution in [0.15, 0.2) is 72.8 Å². The van der Waals surface area contributed by atoms with E-state index in [0.29, 0.717) is 17.3 Å². The van der Waals surface area contributed by atoms with Gasteiger partial charge in [0, 0.05) is 5.56 Å². The van der Waals surface area contributed by atoms with Gasteiger partial charge in [-0.05, 0) is 48.5 Å². The molecule has 0 saturated heterocycles. The van der Waals surface area contributed by atoms with Gasteiger partial charge in [0.05, 0.1) is 16.7 Å². The maximum atomic E-state index is 12.9. The highest BCUT2D eigenvalue weighted by atomic mass is 19.1. The van der Waals surface area contributed by atoms with Crippen LogP contribution in [0, 0.1) is 5.82 Å². The molecule has 4 aromatic rings. The van der Waals surface area contributed by atoms with E-state index in [9.17, 15) is 9.18 Å². The summed E-state index contributed by atoms with van der Waals surface area (Å²) < 4.78 is 18.3. The van der Waals surface area contributed by atoms with Crippen LogP contribution >= 0.6 is 0 Å². The molecule has 0 aliphatic heterocycles. The lowest BCUT2D eigenvalue weighted by Crippen LogP contribution is -2.20. The number of hydrogen-bond donors (Lipinski definition) is 2. The molecule has 4 rings (SSSR count). The lowest BCUT2D eigenvalue weighted by atomic mass is 10.1. The SMILES string of the molecule is O=C(COc1ccc(F)cc1)Nc1ccccc1-c1nc2ccccc2[nH]1. The Labute approximate surface area is 154 Å². The second-order valence-electron chi connectivity index (χ2n) is 5.94. The van der Waals surface area contributed by atoms with Gasteiger partial charge < -0.3 is 15.0 Å². The molecule has 0 saturated carbocycles. The Bertz CT molecular complexity index is 1060. The van der Waals surface area contributed by atoms with Gasteiger partial charge in [-0.2, -0.15) is 0 Å². The van der Waals surface area contributed by atoms with E-state index in [2.05, 4.69) is 15.3 Å². The van der Waals surface area contributed by atoms with Crippen LogP contribution in [0.1, 0.15) is 0 Å². The third-order valence-electron chi connectivity index (χ3n) is 4.03. The van der Waals surface area contributed by atoms with Crippen molar-refractivity contribution in [1.82, 2.24) is 9.97 Å². The standard InChI is InChI=1S/C21H16FN3O2/c22-14-9-11-15(12-10-14)27-13-20(26)23-17-6-2-1-5-16(17)21-24-18-7-3-4-8-19(18)25-21/h1-12H,13H2,(H,23,26)(H,24,25). The molecule has 0 aliphatic carbocycles. The van der Waals surface area contributed by atoms with Crippen LogP contribution in [0.25, 0.3) is 22.4 Å². The van der Waals surface area contributed by atoms with Gasteiger partial charge in [0.2, 0.25) is 0 Å². The van der Waals surface area contributed by atoms with Crippen molar-refractivity contribution in [2.45, 2.75) is 0 Å². The largest absolute Gasteiger partial charge is 0.484 e. The van der Waals surface area contributed by atoms with E-state index in [1.54, 1.807) is 6.07 Å². The number of hydrogen-bond acceptors (Lipinski definition) is 3. The molecule has 1 aromatic heterocycles. The molecule has 2 N–H and O–H groups in total. The number of nitrogens with zero attached hydrogens (tertiary/aromatic N) is 1. The molecule has 27 heavy (non-hydrogen) atoms. The maximum absolute atomic E-state index is 12.9. The van der Waals surface area contributed by atoms with Crippen molar-refractivity contribution < 1.29 is 13.9 Å². The Balaban J connectivity index is 1.50. The number of ether oxygens (including phenoxy) is 1. The van der Waals surface area contributed by atoms with Gasteiger partial charge in [0.15, 0.2) is 6.61 Å². The predicted molar refractivity (Wildman–Crippen MR) is 102 cm³/mol. The molecule has 0 radical (unpaired) electrons. The Morgan fingerprint density at radius 3 is 2.56 bits per heavy atom. The van der Waals surface area contributed by atoms with Gasteiger partial charge in [-0.15, -0.1) is 0 Å². The first-order chi connectivity index (χ1) is 13.2. The number of imidazole rings is 1.